The maximum Gasteiger partial charge on any atom is 0.227 e. The Balaban J connectivity index is 0.00000200. The van der Waals surface area contributed by atoms with E-state index in [1.807, 2.05) is 24.3 Å². The SMILES string of the molecule is COCc1cccc(NC(=O)[C@@H]2CCC[C@@H]2CN)c1.Cl. The van der Waals surface area contributed by atoms with Crippen molar-refractivity contribution >= 4 is 24.0 Å². The average molecular weight is 299 g/mol. The number of rotatable bonds is 5. The van der Waals surface area contributed by atoms with E-state index in [4.69, 9.17) is 10.5 Å². The number of carbonyl (C=O) groups excluding carboxylic acids is 1. The monoisotopic (exact) mass is 298 g/mol. The molecule has 0 aromatic heterocycles. The van der Waals surface area contributed by atoms with Gasteiger partial charge in [0.25, 0.3) is 0 Å². The molecule has 1 aliphatic carbocycles. The van der Waals surface area contributed by atoms with Crippen LogP contribution in [-0.2, 0) is 16.1 Å². The number of nitrogens with two attached hydrogens (primary N) is 1. The summed E-state index contributed by atoms with van der Waals surface area (Å²) in [5, 5.41) is 3.00. The number of nitrogens with one attached hydrogen (secondary N) is 1. The third-order valence-electron chi connectivity index (χ3n) is 3.80. The van der Waals surface area contributed by atoms with Crippen molar-refractivity contribution in [1.29, 1.82) is 0 Å². The van der Waals surface area contributed by atoms with Gasteiger partial charge in [-0.05, 0) is 43.0 Å². The van der Waals surface area contributed by atoms with Crippen LogP contribution in [0.15, 0.2) is 24.3 Å². The lowest BCUT2D eigenvalue weighted by Gasteiger charge is -2.17. The van der Waals surface area contributed by atoms with E-state index in [9.17, 15) is 4.79 Å². The van der Waals surface area contributed by atoms with Crippen LogP contribution in [0.2, 0.25) is 0 Å². The van der Waals surface area contributed by atoms with Crippen LogP contribution in [0.5, 0.6) is 0 Å². The van der Waals surface area contributed by atoms with Crippen molar-refractivity contribution < 1.29 is 9.53 Å². The zero-order chi connectivity index (χ0) is 13.7. The van der Waals surface area contributed by atoms with Crippen molar-refractivity contribution in [2.75, 3.05) is 19.0 Å². The molecule has 0 spiro atoms. The minimum Gasteiger partial charge on any atom is -0.380 e. The summed E-state index contributed by atoms with van der Waals surface area (Å²) in [6, 6.07) is 7.77. The van der Waals surface area contributed by atoms with E-state index in [0.717, 1.165) is 30.5 Å². The smallest absolute Gasteiger partial charge is 0.227 e. The number of ether oxygens (including phenoxy) is 1. The van der Waals surface area contributed by atoms with E-state index in [1.165, 1.54) is 0 Å². The van der Waals surface area contributed by atoms with E-state index in [1.54, 1.807) is 7.11 Å². The molecule has 1 saturated carbocycles. The Morgan fingerprint density at radius 1 is 1.45 bits per heavy atom. The molecule has 2 rings (SSSR count). The Kier molecular flexibility index (Phi) is 6.99. The molecule has 0 aliphatic heterocycles. The number of methoxy groups -OCH3 is 1. The second-order valence-corrected chi connectivity index (χ2v) is 5.16. The molecular formula is C15H23ClN2O2. The Morgan fingerprint density at radius 3 is 2.95 bits per heavy atom. The number of hydrogen-bond donors (Lipinski definition) is 2. The molecule has 0 radical (unpaired) electrons. The molecule has 0 saturated heterocycles. The topological polar surface area (TPSA) is 64.3 Å². The highest BCUT2D eigenvalue weighted by Crippen LogP contribution is 2.31. The van der Waals surface area contributed by atoms with Crippen LogP contribution in [0, 0.1) is 11.8 Å². The van der Waals surface area contributed by atoms with Gasteiger partial charge in [-0.2, -0.15) is 0 Å². The van der Waals surface area contributed by atoms with Crippen LogP contribution >= 0.6 is 12.4 Å². The van der Waals surface area contributed by atoms with Crippen molar-refractivity contribution in [3.05, 3.63) is 29.8 Å². The first-order valence-corrected chi connectivity index (χ1v) is 6.83. The molecule has 3 N–H and O–H groups in total. The molecule has 0 bridgehead atoms. The molecule has 1 aromatic rings. The minimum absolute atomic E-state index is 0. The Hall–Kier alpha value is -1.10. The second kappa shape index (κ2) is 8.25. The van der Waals surface area contributed by atoms with Gasteiger partial charge in [0.1, 0.15) is 0 Å². The quantitative estimate of drug-likeness (QED) is 0.878. The number of hydrogen-bond acceptors (Lipinski definition) is 3. The number of halogens is 1. The summed E-state index contributed by atoms with van der Waals surface area (Å²) in [5.41, 5.74) is 7.62. The summed E-state index contributed by atoms with van der Waals surface area (Å²) in [6.07, 6.45) is 3.12. The van der Waals surface area contributed by atoms with E-state index in [-0.39, 0.29) is 24.2 Å². The van der Waals surface area contributed by atoms with E-state index >= 15 is 0 Å². The summed E-state index contributed by atoms with van der Waals surface area (Å²) >= 11 is 0. The summed E-state index contributed by atoms with van der Waals surface area (Å²) in [6.45, 7) is 1.15. The standard InChI is InChI=1S/C15H22N2O2.ClH/c1-19-10-11-4-2-6-13(8-11)17-15(18)14-7-3-5-12(14)9-16;/h2,4,6,8,12,14H,3,5,7,9-10,16H2,1H3,(H,17,18);1H/t12-,14-;/m1./s1. The molecule has 1 aliphatic rings. The Labute approximate surface area is 126 Å². The molecule has 5 heteroatoms. The van der Waals surface area contributed by atoms with Crippen molar-refractivity contribution in [3.63, 3.8) is 0 Å². The second-order valence-electron chi connectivity index (χ2n) is 5.16. The van der Waals surface area contributed by atoms with E-state index < -0.39 is 0 Å². The zero-order valence-corrected chi connectivity index (χ0v) is 12.6. The van der Waals surface area contributed by atoms with Gasteiger partial charge in [0.05, 0.1) is 6.61 Å². The Morgan fingerprint density at radius 2 is 2.25 bits per heavy atom. The number of amides is 1. The van der Waals surface area contributed by atoms with E-state index in [2.05, 4.69) is 5.32 Å². The molecule has 2 atom stereocenters. The van der Waals surface area contributed by atoms with Crippen molar-refractivity contribution in [2.24, 2.45) is 17.6 Å². The fourth-order valence-electron chi connectivity index (χ4n) is 2.80. The largest absolute Gasteiger partial charge is 0.380 e. The summed E-state index contributed by atoms with van der Waals surface area (Å²) in [4.78, 5) is 12.3. The van der Waals surface area contributed by atoms with Crippen LogP contribution in [0.3, 0.4) is 0 Å². The third kappa shape index (κ3) is 4.20. The lowest BCUT2D eigenvalue weighted by molar-refractivity contribution is -0.120. The third-order valence-corrected chi connectivity index (χ3v) is 3.80. The maximum atomic E-state index is 12.3. The highest BCUT2D eigenvalue weighted by atomic mass is 35.5. The van der Waals surface area contributed by atoms with Gasteiger partial charge < -0.3 is 15.8 Å². The van der Waals surface area contributed by atoms with Crippen LogP contribution in [0.1, 0.15) is 24.8 Å². The number of anilines is 1. The van der Waals surface area contributed by atoms with Crippen molar-refractivity contribution in [1.82, 2.24) is 0 Å². The van der Waals surface area contributed by atoms with Crippen LogP contribution in [-0.4, -0.2) is 19.6 Å². The summed E-state index contributed by atoms with van der Waals surface area (Å²) < 4.78 is 5.09. The van der Waals surface area contributed by atoms with Gasteiger partial charge in [-0.1, -0.05) is 18.6 Å². The Bertz CT molecular complexity index is 440. The van der Waals surface area contributed by atoms with Crippen molar-refractivity contribution in [2.45, 2.75) is 25.9 Å². The molecule has 112 valence electrons. The summed E-state index contributed by atoms with van der Waals surface area (Å²) in [7, 11) is 1.66. The highest BCUT2D eigenvalue weighted by molar-refractivity contribution is 5.93. The van der Waals surface area contributed by atoms with Crippen LogP contribution in [0.4, 0.5) is 5.69 Å². The molecular weight excluding hydrogens is 276 g/mol. The lowest BCUT2D eigenvalue weighted by Crippen LogP contribution is -2.29. The lowest BCUT2D eigenvalue weighted by atomic mass is 9.95. The maximum absolute atomic E-state index is 12.3. The first-order chi connectivity index (χ1) is 9.24. The molecule has 1 amide bonds. The zero-order valence-electron chi connectivity index (χ0n) is 11.8. The van der Waals surface area contributed by atoms with Gasteiger partial charge in [-0.25, -0.2) is 0 Å². The molecule has 0 unspecified atom stereocenters. The van der Waals surface area contributed by atoms with E-state index in [0.29, 0.717) is 19.1 Å². The van der Waals surface area contributed by atoms with Crippen molar-refractivity contribution in [3.8, 4) is 0 Å². The fraction of sp³-hybridized carbons (Fsp3) is 0.533. The van der Waals surface area contributed by atoms with Gasteiger partial charge in [-0.3, -0.25) is 4.79 Å². The molecule has 1 aromatic carbocycles. The van der Waals surface area contributed by atoms with Gasteiger partial charge in [0, 0.05) is 18.7 Å². The van der Waals surface area contributed by atoms with Crippen LogP contribution < -0.4 is 11.1 Å². The molecule has 1 fully saturated rings. The van der Waals surface area contributed by atoms with Gasteiger partial charge in [0.2, 0.25) is 5.91 Å². The number of benzene rings is 1. The molecule has 20 heavy (non-hydrogen) atoms. The van der Waals surface area contributed by atoms with Gasteiger partial charge in [0.15, 0.2) is 0 Å². The highest BCUT2D eigenvalue weighted by Gasteiger charge is 2.31. The molecule has 4 nitrogen and oxygen atoms in total. The first-order valence-electron chi connectivity index (χ1n) is 6.83. The normalized spacial score (nSPS) is 21.3. The molecule has 0 heterocycles. The minimum atomic E-state index is 0. The number of carbonyl (C=O) groups is 1. The summed E-state index contributed by atoms with van der Waals surface area (Å²) in [5.74, 6) is 0.501. The first kappa shape index (κ1) is 17.0. The van der Waals surface area contributed by atoms with Gasteiger partial charge >= 0.3 is 0 Å². The predicted octanol–water partition coefficient (Wildman–Crippen LogP) is 2.57. The predicted molar refractivity (Wildman–Crippen MR) is 82.9 cm³/mol. The van der Waals surface area contributed by atoms with Crippen LogP contribution in [0.25, 0.3) is 0 Å². The fourth-order valence-corrected chi connectivity index (χ4v) is 2.80. The van der Waals surface area contributed by atoms with Gasteiger partial charge in [-0.15, -0.1) is 12.4 Å². The average Bonchev–Trinajstić information content (AvgIpc) is 2.88.